The summed E-state index contributed by atoms with van der Waals surface area (Å²) in [6, 6.07) is -3.08. The van der Waals surface area contributed by atoms with Gasteiger partial charge in [-0.2, -0.15) is 0 Å². The maximum Gasteiger partial charge on any atom is 0.305 e. The van der Waals surface area contributed by atoms with E-state index in [1.165, 1.54) is 0 Å². The Kier molecular flexibility index (Phi) is 21.9. The van der Waals surface area contributed by atoms with Crippen molar-refractivity contribution < 1.29 is 43.8 Å². The van der Waals surface area contributed by atoms with Crippen LogP contribution >= 0.6 is 0 Å². The zero-order valence-corrected chi connectivity index (χ0v) is 33.9. The maximum absolute atomic E-state index is 13.7. The van der Waals surface area contributed by atoms with Crippen molar-refractivity contribution in [3.05, 3.63) is 0 Å². The largest absolute Gasteiger partial charge is 0.481 e. The molecular weight excluding hydrogens is 724 g/mol. The van der Waals surface area contributed by atoms with E-state index >= 15 is 0 Å². The molecule has 0 aromatic rings. The van der Waals surface area contributed by atoms with Crippen LogP contribution in [0.15, 0.2) is 0 Å². The van der Waals surface area contributed by atoms with Gasteiger partial charge < -0.3 is 53.6 Å². The molecule has 0 aromatic heterocycles. The number of hydrogen-bond acceptors (Lipinski definition) is 10. The van der Waals surface area contributed by atoms with Crippen LogP contribution in [0.1, 0.15) is 124 Å². The Morgan fingerprint density at radius 1 is 0.661 bits per heavy atom. The summed E-state index contributed by atoms with van der Waals surface area (Å²) in [6.07, 6.45) is 5.16. The van der Waals surface area contributed by atoms with Gasteiger partial charge in [-0.05, 0) is 76.3 Å². The molecule has 1 heterocycles. The van der Waals surface area contributed by atoms with Crippen molar-refractivity contribution in [3.63, 3.8) is 0 Å². The minimum Gasteiger partial charge on any atom is -0.481 e. The number of rotatable bonds is 25. The Labute approximate surface area is 331 Å². The molecule has 1 aliphatic carbocycles. The van der Waals surface area contributed by atoms with E-state index in [-0.39, 0.29) is 92.1 Å². The average molecular weight is 795 g/mol. The number of carbonyl (C=O) groups is 7. The molecule has 17 heteroatoms. The minimum atomic E-state index is -1.17. The summed E-state index contributed by atoms with van der Waals surface area (Å²) in [5, 5.41) is 36.1. The first kappa shape index (κ1) is 48.3. The molecule has 56 heavy (non-hydrogen) atoms. The SMILES string of the molecule is CC(C)C[C@@H](CC(=O)N[C@@H](CCCN)CC(=O)N[C@@H]1CCNC[C@H]1C(=O)N[C@H](CC(=O)N[C@@H](CCC(=O)O)CC(=O)O)CC(C)C)NC(=O)[C@@H]1CCCC[C@H]1N. The topological polar surface area (TPSA) is 284 Å². The highest BCUT2D eigenvalue weighted by Crippen LogP contribution is 2.24. The summed E-state index contributed by atoms with van der Waals surface area (Å²) in [5.41, 5.74) is 12.0. The molecule has 1 saturated heterocycles. The molecule has 1 saturated carbocycles. The highest BCUT2D eigenvalue weighted by atomic mass is 16.4. The van der Waals surface area contributed by atoms with Crippen molar-refractivity contribution >= 4 is 41.5 Å². The van der Waals surface area contributed by atoms with E-state index in [2.05, 4.69) is 31.9 Å². The van der Waals surface area contributed by atoms with Crippen molar-refractivity contribution in [1.82, 2.24) is 31.9 Å². The first-order valence-corrected chi connectivity index (χ1v) is 20.6. The van der Waals surface area contributed by atoms with Crippen LogP contribution in [0, 0.1) is 23.7 Å². The second-order valence-corrected chi connectivity index (χ2v) is 16.6. The van der Waals surface area contributed by atoms with E-state index in [1.807, 2.05) is 27.7 Å². The van der Waals surface area contributed by atoms with Crippen LogP contribution in [0.2, 0.25) is 0 Å². The lowest BCUT2D eigenvalue weighted by atomic mass is 9.84. The van der Waals surface area contributed by atoms with Gasteiger partial charge in [0.1, 0.15) is 0 Å². The van der Waals surface area contributed by atoms with Crippen molar-refractivity contribution in [3.8, 4) is 0 Å². The summed E-state index contributed by atoms with van der Waals surface area (Å²) >= 11 is 0. The highest BCUT2D eigenvalue weighted by Gasteiger charge is 2.35. The fourth-order valence-electron chi connectivity index (χ4n) is 7.77. The van der Waals surface area contributed by atoms with Gasteiger partial charge in [-0.25, -0.2) is 0 Å². The highest BCUT2D eigenvalue weighted by molar-refractivity contribution is 5.85. The molecule has 8 atom stereocenters. The normalized spacial score (nSPS) is 21.9. The summed E-state index contributed by atoms with van der Waals surface area (Å²) in [6.45, 7) is 9.16. The van der Waals surface area contributed by atoms with Crippen LogP contribution in [-0.4, -0.2) is 108 Å². The number of nitrogens with one attached hydrogen (secondary N) is 6. The predicted octanol–water partition coefficient (Wildman–Crippen LogP) is 0.878. The van der Waals surface area contributed by atoms with Gasteiger partial charge in [-0.3, -0.25) is 33.6 Å². The quantitative estimate of drug-likeness (QED) is 0.0617. The predicted molar refractivity (Wildman–Crippen MR) is 211 cm³/mol. The van der Waals surface area contributed by atoms with E-state index in [1.54, 1.807) is 0 Å². The Morgan fingerprint density at radius 3 is 1.71 bits per heavy atom. The molecule has 1 aliphatic heterocycles. The average Bonchev–Trinajstić information content (AvgIpc) is 3.08. The molecule has 0 unspecified atom stereocenters. The molecular formula is C39H70N8O9. The van der Waals surface area contributed by atoms with Crippen LogP contribution in [0.4, 0.5) is 0 Å². The van der Waals surface area contributed by atoms with Crippen molar-refractivity contribution in [2.75, 3.05) is 19.6 Å². The molecule has 0 aromatic carbocycles. The lowest BCUT2D eigenvalue weighted by Crippen LogP contribution is -2.57. The van der Waals surface area contributed by atoms with Gasteiger partial charge in [0.15, 0.2) is 0 Å². The Hall–Kier alpha value is -3.83. The first-order valence-electron chi connectivity index (χ1n) is 20.6. The van der Waals surface area contributed by atoms with Gasteiger partial charge in [-0.1, -0.05) is 40.5 Å². The zero-order chi connectivity index (χ0) is 41.8. The number of aliphatic carboxylic acids is 2. The summed E-state index contributed by atoms with van der Waals surface area (Å²) in [4.78, 5) is 89.1. The standard InChI is InChI=1S/C39H70N8O9/c1-23(2)16-27(45-38(55)29-9-5-6-10-31(29)41)19-33(48)43-25(8-7-14-40)18-35(50)47-32-13-15-42-22-30(32)39(56)46-28(17-24(3)4)20-34(49)44-26(21-37(53)54)11-12-36(51)52/h23-32,42H,5-22,40-41H2,1-4H3,(H,43,48)(H,44,49)(H,45,55)(H,46,56)(H,47,50)(H,51,52)(H,53,54)/t25-,26-,27-,28-,29+,30+,31+,32+/m0/s1. The summed E-state index contributed by atoms with van der Waals surface area (Å²) < 4.78 is 0. The summed E-state index contributed by atoms with van der Waals surface area (Å²) in [7, 11) is 0. The molecule has 0 spiro atoms. The van der Waals surface area contributed by atoms with Gasteiger partial charge in [-0.15, -0.1) is 0 Å². The number of carbonyl (C=O) groups excluding carboxylic acids is 5. The lowest BCUT2D eigenvalue weighted by Gasteiger charge is -2.34. The van der Waals surface area contributed by atoms with Crippen molar-refractivity contribution in [2.45, 2.75) is 160 Å². The van der Waals surface area contributed by atoms with Gasteiger partial charge in [0, 0.05) is 68.5 Å². The summed E-state index contributed by atoms with van der Waals surface area (Å²) in [5.74, 6) is -4.47. The van der Waals surface area contributed by atoms with Crippen molar-refractivity contribution in [1.29, 1.82) is 0 Å². The van der Waals surface area contributed by atoms with Crippen LogP contribution in [0.25, 0.3) is 0 Å². The first-order chi connectivity index (χ1) is 26.5. The van der Waals surface area contributed by atoms with E-state index in [0.29, 0.717) is 45.2 Å². The van der Waals surface area contributed by atoms with E-state index < -0.39 is 54.4 Å². The maximum atomic E-state index is 13.7. The van der Waals surface area contributed by atoms with E-state index in [0.717, 1.165) is 25.7 Å². The molecule has 5 amide bonds. The second kappa shape index (κ2) is 25.4. The monoisotopic (exact) mass is 795 g/mol. The van der Waals surface area contributed by atoms with Crippen LogP contribution in [0.3, 0.4) is 0 Å². The van der Waals surface area contributed by atoms with Crippen molar-refractivity contribution in [2.24, 2.45) is 35.1 Å². The number of amides is 5. The molecule has 2 aliphatic rings. The number of hydrogen-bond donors (Lipinski definition) is 10. The molecule has 2 rings (SSSR count). The van der Waals surface area contributed by atoms with Crippen LogP contribution in [-0.2, 0) is 33.6 Å². The molecule has 0 radical (unpaired) electrons. The minimum absolute atomic E-state index is 0.0301. The number of carboxylic acid groups (broad SMARTS) is 2. The van der Waals surface area contributed by atoms with E-state index in [4.69, 9.17) is 16.6 Å². The fourth-order valence-corrected chi connectivity index (χ4v) is 7.77. The van der Waals surface area contributed by atoms with Gasteiger partial charge in [0.05, 0.1) is 18.3 Å². The fraction of sp³-hybridized carbons (Fsp3) is 0.821. The third-order valence-electron chi connectivity index (χ3n) is 10.4. The molecule has 17 nitrogen and oxygen atoms in total. The molecule has 320 valence electrons. The van der Waals surface area contributed by atoms with Crippen LogP contribution in [0.5, 0.6) is 0 Å². The van der Waals surface area contributed by atoms with Crippen LogP contribution < -0.4 is 43.4 Å². The Balaban J connectivity index is 2.05. The van der Waals surface area contributed by atoms with Gasteiger partial charge in [0.25, 0.3) is 0 Å². The molecule has 0 bridgehead atoms. The van der Waals surface area contributed by atoms with Gasteiger partial charge in [0.2, 0.25) is 29.5 Å². The smallest absolute Gasteiger partial charge is 0.305 e. The zero-order valence-electron chi connectivity index (χ0n) is 33.9. The number of piperidine rings is 1. The Bertz CT molecular complexity index is 1300. The van der Waals surface area contributed by atoms with E-state index in [9.17, 15) is 38.7 Å². The molecule has 12 N–H and O–H groups in total. The lowest BCUT2D eigenvalue weighted by molar-refractivity contribution is -0.140. The third kappa shape index (κ3) is 19.4. The van der Waals surface area contributed by atoms with Gasteiger partial charge >= 0.3 is 11.9 Å². The number of nitrogens with two attached hydrogens (primary N) is 2. The Morgan fingerprint density at radius 2 is 1.20 bits per heavy atom. The second-order valence-electron chi connectivity index (χ2n) is 16.6. The third-order valence-corrected chi connectivity index (χ3v) is 10.4. The molecule has 2 fully saturated rings. The number of carboxylic acids is 2.